The van der Waals surface area contributed by atoms with E-state index in [2.05, 4.69) is 4.72 Å². The molecule has 0 aliphatic carbocycles. The van der Waals surface area contributed by atoms with Gasteiger partial charge in [-0.05, 0) is 23.8 Å². The van der Waals surface area contributed by atoms with Gasteiger partial charge in [0.05, 0.1) is 40.7 Å². The number of nitrogens with one attached hydrogen (secondary N) is 2. The molecular weight excluding hydrogens is 395 g/mol. The van der Waals surface area contributed by atoms with Gasteiger partial charge < -0.3 is 9.64 Å². The highest BCUT2D eigenvalue weighted by atomic mass is 35.5. The lowest BCUT2D eigenvalue weighted by molar-refractivity contribution is -0.909. The molecule has 2 N–H and O–H groups in total. The molecule has 0 unspecified atom stereocenters. The Kier molecular flexibility index (Phi) is 6.55. The van der Waals surface area contributed by atoms with Gasteiger partial charge in [0.2, 0.25) is 10.0 Å². The van der Waals surface area contributed by atoms with Crippen LogP contribution in [-0.4, -0.2) is 41.3 Å². The molecule has 0 spiro atoms. The standard InChI is InChI=1S/C18H20Cl2N2O3S/c19-16-7-6-15(12-17(16)20)26(23,24)21-18(14-4-2-1-3-5-14)13-22-8-10-25-11-9-22/h1-7,12,18,21H,8-11,13H2/p+1/t18-/m0/s1. The maximum Gasteiger partial charge on any atom is 0.241 e. The van der Waals surface area contributed by atoms with Crippen LogP contribution < -0.4 is 9.62 Å². The van der Waals surface area contributed by atoms with E-state index in [9.17, 15) is 8.42 Å². The molecule has 1 saturated heterocycles. The summed E-state index contributed by atoms with van der Waals surface area (Å²) < 4.78 is 34.0. The Bertz CT molecular complexity index is 841. The van der Waals surface area contributed by atoms with Gasteiger partial charge in [-0.15, -0.1) is 0 Å². The van der Waals surface area contributed by atoms with Gasteiger partial charge in [0.15, 0.2) is 0 Å². The van der Waals surface area contributed by atoms with Crippen molar-refractivity contribution in [2.75, 3.05) is 32.8 Å². The van der Waals surface area contributed by atoms with E-state index in [0.29, 0.717) is 24.8 Å². The van der Waals surface area contributed by atoms with Crippen LogP contribution in [0.1, 0.15) is 11.6 Å². The average Bonchev–Trinajstić information content (AvgIpc) is 2.65. The van der Waals surface area contributed by atoms with Crippen LogP contribution in [0.5, 0.6) is 0 Å². The normalized spacial score (nSPS) is 17.2. The molecule has 1 aliphatic rings. The fourth-order valence-electron chi connectivity index (χ4n) is 2.97. The molecular formula is C18H21Cl2N2O3S+. The van der Waals surface area contributed by atoms with Crippen LogP contribution in [-0.2, 0) is 14.8 Å². The van der Waals surface area contributed by atoms with Crippen LogP contribution in [0, 0.1) is 0 Å². The third-order valence-corrected chi connectivity index (χ3v) is 6.60. The first-order chi connectivity index (χ1) is 12.5. The lowest BCUT2D eigenvalue weighted by Gasteiger charge is -2.28. The van der Waals surface area contributed by atoms with Crippen LogP contribution in [0.3, 0.4) is 0 Å². The predicted octanol–water partition coefficient (Wildman–Crippen LogP) is 1.93. The fourth-order valence-corrected chi connectivity index (χ4v) is 4.58. The van der Waals surface area contributed by atoms with Gasteiger partial charge in [0.25, 0.3) is 0 Å². The van der Waals surface area contributed by atoms with E-state index >= 15 is 0 Å². The predicted molar refractivity (Wildman–Crippen MR) is 102 cm³/mol. The largest absolute Gasteiger partial charge is 0.370 e. The molecule has 1 aliphatic heterocycles. The number of morpholine rings is 1. The van der Waals surface area contributed by atoms with Crippen molar-refractivity contribution in [3.05, 3.63) is 64.1 Å². The van der Waals surface area contributed by atoms with Crippen molar-refractivity contribution < 1.29 is 18.1 Å². The quantitative estimate of drug-likeness (QED) is 0.757. The number of ether oxygens (including phenoxy) is 1. The molecule has 1 fully saturated rings. The van der Waals surface area contributed by atoms with E-state index in [1.807, 2.05) is 30.3 Å². The van der Waals surface area contributed by atoms with E-state index in [-0.39, 0.29) is 16.0 Å². The summed E-state index contributed by atoms with van der Waals surface area (Å²) in [5, 5.41) is 0.535. The number of sulfonamides is 1. The number of hydrogen-bond donors (Lipinski definition) is 2. The Labute approximate surface area is 163 Å². The van der Waals surface area contributed by atoms with E-state index in [1.54, 1.807) is 0 Å². The minimum Gasteiger partial charge on any atom is -0.370 e. The number of rotatable bonds is 6. The maximum atomic E-state index is 12.9. The summed E-state index contributed by atoms with van der Waals surface area (Å²) in [5.74, 6) is 0. The van der Waals surface area contributed by atoms with Crippen LogP contribution >= 0.6 is 23.2 Å². The molecule has 0 radical (unpaired) electrons. The Morgan fingerprint density at radius 2 is 1.73 bits per heavy atom. The van der Waals surface area contributed by atoms with Crippen molar-refractivity contribution in [1.82, 2.24) is 4.72 Å². The Morgan fingerprint density at radius 3 is 2.38 bits per heavy atom. The summed E-state index contributed by atoms with van der Waals surface area (Å²) in [5.41, 5.74) is 0.926. The lowest BCUT2D eigenvalue weighted by atomic mass is 10.1. The van der Waals surface area contributed by atoms with Crippen molar-refractivity contribution >= 4 is 33.2 Å². The minimum absolute atomic E-state index is 0.102. The zero-order valence-corrected chi connectivity index (χ0v) is 16.4. The van der Waals surface area contributed by atoms with Crippen molar-refractivity contribution in [1.29, 1.82) is 0 Å². The highest BCUT2D eigenvalue weighted by Gasteiger charge is 2.26. The van der Waals surface area contributed by atoms with Crippen LogP contribution in [0.2, 0.25) is 10.0 Å². The lowest BCUT2D eigenvalue weighted by Crippen LogP contribution is -3.14. The highest BCUT2D eigenvalue weighted by Crippen LogP contribution is 2.25. The first kappa shape index (κ1) is 19.6. The highest BCUT2D eigenvalue weighted by molar-refractivity contribution is 7.89. The van der Waals surface area contributed by atoms with Crippen LogP contribution in [0.25, 0.3) is 0 Å². The van der Waals surface area contributed by atoms with E-state index in [0.717, 1.165) is 18.7 Å². The van der Waals surface area contributed by atoms with Crippen LogP contribution in [0.4, 0.5) is 0 Å². The van der Waals surface area contributed by atoms with Gasteiger partial charge in [-0.3, -0.25) is 0 Å². The molecule has 0 bridgehead atoms. The van der Waals surface area contributed by atoms with Crippen molar-refractivity contribution in [3.63, 3.8) is 0 Å². The second kappa shape index (κ2) is 8.69. The number of halogens is 2. The molecule has 1 heterocycles. The van der Waals surface area contributed by atoms with Gasteiger partial charge in [-0.25, -0.2) is 8.42 Å². The maximum absolute atomic E-state index is 12.9. The second-order valence-corrected chi connectivity index (χ2v) is 8.76. The van der Waals surface area contributed by atoms with E-state index in [4.69, 9.17) is 27.9 Å². The molecule has 140 valence electrons. The van der Waals surface area contributed by atoms with Gasteiger partial charge in [-0.2, -0.15) is 4.72 Å². The topological polar surface area (TPSA) is 59.8 Å². The summed E-state index contributed by atoms with van der Waals surface area (Å²) in [6.07, 6.45) is 0. The minimum atomic E-state index is -3.74. The van der Waals surface area contributed by atoms with Crippen molar-refractivity contribution in [3.8, 4) is 0 Å². The molecule has 26 heavy (non-hydrogen) atoms. The van der Waals surface area contributed by atoms with Crippen molar-refractivity contribution in [2.45, 2.75) is 10.9 Å². The zero-order chi connectivity index (χ0) is 18.6. The summed E-state index contributed by atoms with van der Waals surface area (Å²) in [7, 11) is -3.74. The molecule has 0 amide bonds. The number of quaternary nitrogens is 1. The molecule has 3 rings (SSSR count). The first-order valence-electron chi connectivity index (χ1n) is 8.39. The number of hydrogen-bond acceptors (Lipinski definition) is 3. The molecule has 0 aromatic heterocycles. The molecule has 5 nitrogen and oxygen atoms in total. The van der Waals surface area contributed by atoms with E-state index < -0.39 is 10.0 Å². The molecule has 2 aromatic rings. The van der Waals surface area contributed by atoms with Crippen LogP contribution in [0.15, 0.2) is 53.4 Å². The third-order valence-electron chi connectivity index (χ3n) is 4.39. The van der Waals surface area contributed by atoms with Crippen molar-refractivity contribution in [2.24, 2.45) is 0 Å². The Morgan fingerprint density at radius 1 is 1.04 bits per heavy atom. The summed E-state index contributed by atoms with van der Waals surface area (Å²) in [6, 6.07) is 13.6. The molecule has 8 heteroatoms. The Hall–Kier alpha value is -1.15. The SMILES string of the molecule is O=S(=O)(N[C@@H](C[NH+]1CCOCC1)c1ccccc1)c1ccc(Cl)c(Cl)c1. The van der Waals surface area contributed by atoms with Gasteiger partial charge in [-0.1, -0.05) is 53.5 Å². The molecule has 2 aromatic carbocycles. The summed E-state index contributed by atoms with van der Waals surface area (Å²) in [4.78, 5) is 1.41. The second-order valence-electron chi connectivity index (χ2n) is 6.23. The summed E-state index contributed by atoms with van der Waals surface area (Å²) >= 11 is 11.9. The number of benzene rings is 2. The van der Waals surface area contributed by atoms with Gasteiger partial charge >= 0.3 is 0 Å². The third kappa shape index (κ3) is 4.97. The van der Waals surface area contributed by atoms with Gasteiger partial charge in [0, 0.05) is 0 Å². The van der Waals surface area contributed by atoms with Gasteiger partial charge in [0.1, 0.15) is 13.1 Å². The molecule has 1 atom stereocenters. The smallest absolute Gasteiger partial charge is 0.241 e. The monoisotopic (exact) mass is 415 g/mol. The molecule has 0 saturated carbocycles. The fraction of sp³-hybridized carbons (Fsp3) is 0.333. The summed E-state index contributed by atoms with van der Waals surface area (Å²) in [6.45, 7) is 3.75. The Balaban J connectivity index is 1.85. The zero-order valence-electron chi connectivity index (χ0n) is 14.1. The first-order valence-corrected chi connectivity index (χ1v) is 10.6. The average molecular weight is 416 g/mol. The van der Waals surface area contributed by atoms with E-state index in [1.165, 1.54) is 23.1 Å².